The smallest absolute Gasteiger partial charge is 0.280 e. The van der Waals surface area contributed by atoms with Crippen molar-refractivity contribution in [1.29, 1.82) is 0 Å². The molecule has 2 heterocycles. The molecule has 0 saturated carbocycles. The first-order valence-electron chi connectivity index (χ1n) is 9.76. The molecule has 3 aromatic rings. The number of hydrogen-bond acceptors (Lipinski definition) is 5. The van der Waals surface area contributed by atoms with Gasteiger partial charge in [-0.2, -0.15) is 5.10 Å². The number of aryl methyl sites for hydroxylation is 4. The zero-order valence-corrected chi connectivity index (χ0v) is 18.4. The summed E-state index contributed by atoms with van der Waals surface area (Å²) in [4.78, 5) is 22.3. The Balaban J connectivity index is 2.01. The summed E-state index contributed by atoms with van der Waals surface area (Å²) in [6, 6.07) is 4.28. The molecule has 0 aliphatic carbocycles. The average Bonchev–Trinajstić information content (AvgIpc) is 3.21. The van der Waals surface area contributed by atoms with Crippen LogP contribution in [0.15, 0.2) is 18.3 Å². The Hall–Kier alpha value is -2.25. The molecule has 150 valence electrons. The molecule has 0 aliphatic heterocycles. The molecule has 3 rings (SSSR count). The quantitative estimate of drug-likeness (QED) is 0.604. The van der Waals surface area contributed by atoms with Crippen molar-refractivity contribution in [3.8, 4) is 0 Å². The van der Waals surface area contributed by atoms with Crippen molar-refractivity contribution in [2.45, 2.75) is 34.6 Å². The topological polar surface area (TPSA) is 54.3 Å². The first-order valence-corrected chi connectivity index (χ1v) is 10.6. The SMILES string of the molecule is CCN(CC)CCN(C(=O)c1nn(C)cc1C)c1nc2c(C)cc(C)cc2s1. The van der Waals surface area contributed by atoms with E-state index in [1.54, 1.807) is 20.9 Å². The predicted molar refractivity (Wildman–Crippen MR) is 117 cm³/mol. The molecular formula is C21H29N5OS. The highest BCUT2D eigenvalue weighted by Crippen LogP contribution is 2.32. The van der Waals surface area contributed by atoms with Crippen molar-refractivity contribution >= 4 is 32.6 Å². The normalized spacial score (nSPS) is 11.5. The van der Waals surface area contributed by atoms with E-state index in [9.17, 15) is 4.79 Å². The number of thiazole rings is 1. The molecule has 0 saturated heterocycles. The van der Waals surface area contributed by atoms with Crippen LogP contribution in [-0.2, 0) is 7.05 Å². The Morgan fingerprint density at radius 1 is 1.11 bits per heavy atom. The Labute approximate surface area is 170 Å². The van der Waals surface area contributed by atoms with E-state index in [1.807, 2.05) is 20.2 Å². The largest absolute Gasteiger partial charge is 0.302 e. The van der Waals surface area contributed by atoms with Gasteiger partial charge < -0.3 is 4.90 Å². The van der Waals surface area contributed by atoms with Crippen LogP contribution in [-0.4, -0.2) is 51.8 Å². The number of fused-ring (bicyclic) bond motifs is 1. The molecule has 28 heavy (non-hydrogen) atoms. The van der Waals surface area contributed by atoms with Crippen LogP contribution in [0.2, 0.25) is 0 Å². The standard InChI is InChI=1S/C21H29N5OS/c1-7-25(8-2)9-10-26(20(27)19-16(5)13-24(6)23-19)21-22-18-15(4)11-14(3)12-17(18)28-21/h11-13H,7-10H2,1-6H3. The lowest BCUT2D eigenvalue weighted by molar-refractivity contribution is 0.0977. The van der Waals surface area contributed by atoms with E-state index in [1.165, 1.54) is 5.56 Å². The fourth-order valence-corrected chi connectivity index (χ4v) is 4.65. The highest BCUT2D eigenvalue weighted by Gasteiger charge is 2.25. The van der Waals surface area contributed by atoms with Gasteiger partial charge in [0.05, 0.1) is 10.2 Å². The maximum atomic E-state index is 13.4. The van der Waals surface area contributed by atoms with Crippen LogP contribution in [0.25, 0.3) is 10.2 Å². The van der Waals surface area contributed by atoms with E-state index in [0.29, 0.717) is 12.2 Å². The number of rotatable bonds is 7. The van der Waals surface area contributed by atoms with E-state index < -0.39 is 0 Å². The fourth-order valence-electron chi connectivity index (χ4n) is 3.49. The van der Waals surface area contributed by atoms with Crippen LogP contribution in [0.1, 0.15) is 41.0 Å². The van der Waals surface area contributed by atoms with Crippen LogP contribution in [0.4, 0.5) is 5.13 Å². The lowest BCUT2D eigenvalue weighted by Crippen LogP contribution is -2.39. The van der Waals surface area contributed by atoms with Gasteiger partial charge in [0.15, 0.2) is 10.8 Å². The second-order valence-electron chi connectivity index (χ2n) is 7.24. The van der Waals surface area contributed by atoms with Gasteiger partial charge in [0.1, 0.15) is 0 Å². The van der Waals surface area contributed by atoms with Gasteiger partial charge >= 0.3 is 0 Å². The third-order valence-corrected chi connectivity index (χ3v) is 6.07. The van der Waals surface area contributed by atoms with Crippen LogP contribution < -0.4 is 4.90 Å². The van der Waals surface area contributed by atoms with Crippen molar-refractivity contribution in [3.63, 3.8) is 0 Å². The summed E-state index contributed by atoms with van der Waals surface area (Å²) in [5.74, 6) is -0.0845. The molecule has 0 radical (unpaired) electrons. The monoisotopic (exact) mass is 399 g/mol. The van der Waals surface area contributed by atoms with E-state index in [2.05, 4.69) is 49.8 Å². The van der Waals surface area contributed by atoms with Crippen molar-refractivity contribution in [1.82, 2.24) is 19.7 Å². The first kappa shape index (κ1) is 20.5. The summed E-state index contributed by atoms with van der Waals surface area (Å²) in [6.45, 7) is 13.7. The van der Waals surface area contributed by atoms with E-state index in [-0.39, 0.29) is 5.91 Å². The number of benzene rings is 1. The summed E-state index contributed by atoms with van der Waals surface area (Å²) >= 11 is 1.58. The number of carbonyl (C=O) groups is 1. The molecule has 0 fully saturated rings. The number of nitrogens with zero attached hydrogens (tertiary/aromatic N) is 5. The average molecular weight is 400 g/mol. The minimum absolute atomic E-state index is 0.0845. The lowest BCUT2D eigenvalue weighted by Gasteiger charge is -2.24. The molecule has 0 aliphatic rings. The summed E-state index contributed by atoms with van der Waals surface area (Å²) < 4.78 is 2.81. The number of hydrogen-bond donors (Lipinski definition) is 0. The maximum Gasteiger partial charge on any atom is 0.280 e. The fraction of sp³-hybridized carbons (Fsp3) is 0.476. The van der Waals surface area contributed by atoms with Gasteiger partial charge in [0, 0.05) is 31.9 Å². The Morgan fingerprint density at radius 2 is 1.82 bits per heavy atom. The molecule has 1 aromatic carbocycles. The third-order valence-electron chi connectivity index (χ3n) is 5.04. The highest BCUT2D eigenvalue weighted by atomic mass is 32.1. The van der Waals surface area contributed by atoms with Crippen molar-refractivity contribution in [2.75, 3.05) is 31.1 Å². The number of amides is 1. The number of anilines is 1. The molecule has 0 bridgehead atoms. The zero-order valence-electron chi connectivity index (χ0n) is 17.6. The molecule has 6 nitrogen and oxygen atoms in total. The molecule has 7 heteroatoms. The van der Waals surface area contributed by atoms with Crippen LogP contribution in [0.3, 0.4) is 0 Å². The summed E-state index contributed by atoms with van der Waals surface area (Å²) in [5.41, 5.74) is 4.70. The van der Waals surface area contributed by atoms with Crippen molar-refractivity contribution < 1.29 is 4.79 Å². The van der Waals surface area contributed by atoms with E-state index in [0.717, 1.165) is 46.1 Å². The van der Waals surface area contributed by atoms with Crippen LogP contribution in [0.5, 0.6) is 0 Å². The Morgan fingerprint density at radius 3 is 2.43 bits per heavy atom. The van der Waals surface area contributed by atoms with Gasteiger partial charge in [-0.1, -0.05) is 31.3 Å². The minimum atomic E-state index is -0.0845. The van der Waals surface area contributed by atoms with Crippen molar-refractivity contribution in [3.05, 3.63) is 40.7 Å². The van der Waals surface area contributed by atoms with Gasteiger partial charge in [-0.05, 0) is 51.1 Å². The van der Waals surface area contributed by atoms with Crippen LogP contribution >= 0.6 is 11.3 Å². The van der Waals surface area contributed by atoms with Crippen LogP contribution in [0, 0.1) is 20.8 Å². The van der Waals surface area contributed by atoms with E-state index in [4.69, 9.17) is 4.98 Å². The molecule has 0 N–H and O–H groups in total. The second-order valence-corrected chi connectivity index (χ2v) is 8.25. The summed E-state index contributed by atoms with van der Waals surface area (Å²) in [6.07, 6.45) is 1.88. The molecule has 0 atom stereocenters. The number of likely N-dealkylation sites (N-methyl/N-ethyl adjacent to an activating group) is 1. The van der Waals surface area contributed by atoms with Gasteiger partial charge in [0.2, 0.25) is 0 Å². The molecule has 2 aromatic heterocycles. The number of aromatic nitrogens is 3. The molecular weight excluding hydrogens is 370 g/mol. The third kappa shape index (κ3) is 4.10. The van der Waals surface area contributed by atoms with Gasteiger partial charge in [-0.3, -0.25) is 14.4 Å². The maximum absolute atomic E-state index is 13.4. The van der Waals surface area contributed by atoms with Gasteiger partial charge in [-0.15, -0.1) is 0 Å². The van der Waals surface area contributed by atoms with E-state index >= 15 is 0 Å². The van der Waals surface area contributed by atoms with Gasteiger partial charge in [0.25, 0.3) is 5.91 Å². The highest BCUT2D eigenvalue weighted by molar-refractivity contribution is 7.22. The second kappa shape index (κ2) is 8.41. The number of carbonyl (C=O) groups excluding carboxylic acids is 1. The summed E-state index contributed by atoms with van der Waals surface area (Å²) in [7, 11) is 1.84. The Bertz CT molecular complexity index is 986. The van der Waals surface area contributed by atoms with Gasteiger partial charge in [-0.25, -0.2) is 4.98 Å². The molecule has 1 amide bonds. The first-order chi connectivity index (χ1) is 13.3. The predicted octanol–water partition coefficient (Wildman–Crippen LogP) is 3.94. The Kier molecular flexibility index (Phi) is 6.15. The summed E-state index contributed by atoms with van der Waals surface area (Å²) in [5, 5.41) is 5.14. The lowest BCUT2D eigenvalue weighted by atomic mass is 10.1. The molecule has 0 spiro atoms. The van der Waals surface area contributed by atoms with Crippen molar-refractivity contribution in [2.24, 2.45) is 7.05 Å². The minimum Gasteiger partial charge on any atom is -0.302 e. The zero-order chi connectivity index (χ0) is 20.4. The molecule has 0 unspecified atom stereocenters.